The normalized spacial score (nSPS) is 32.5. The van der Waals surface area contributed by atoms with Crippen LogP contribution in [0.5, 0.6) is 0 Å². The Morgan fingerprint density at radius 1 is 1.26 bits per heavy atom. The monoisotopic (exact) mass is 278 g/mol. The van der Waals surface area contributed by atoms with Crippen molar-refractivity contribution in [2.75, 3.05) is 7.05 Å². The van der Waals surface area contributed by atoms with Gasteiger partial charge >= 0.3 is 0 Å². The maximum absolute atomic E-state index is 6.07. The quantitative estimate of drug-likeness (QED) is 0.909. The maximum atomic E-state index is 6.07. The number of rotatable bonds is 3. The minimum Gasteiger partial charge on any atom is -0.307 e. The third-order valence-electron chi connectivity index (χ3n) is 4.93. The van der Waals surface area contributed by atoms with E-state index < -0.39 is 0 Å². The Hall–Kier alpha value is -0.570. The van der Waals surface area contributed by atoms with E-state index in [0.717, 1.165) is 17.1 Å². The van der Waals surface area contributed by atoms with E-state index in [4.69, 9.17) is 11.6 Å². The molecule has 2 nitrogen and oxygen atoms in total. The van der Waals surface area contributed by atoms with Gasteiger partial charge < -0.3 is 10.2 Å². The van der Waals surface area contributed by atoms with Gasteiger partial charge in [-0.05, 0) is 57.4 Å². The van der Waals surface area contributed by atoms with Gasteiger partial charge in [-0.15, -0.1) is 0 Å². The summed E-state index contributed by atoms with van der Waals surface area (Å²) in [6.07, 6.45) is 5.34. The summed E-state index contributed by atoms with van der Waals surface area (Å²) < 4.78 is 0. The molecule has 2 bridgehead atoms. The average molecular weight is 279 g/mol. The second kappa shape index (κ2) is 5.43. The number of nitrogens with one attached hydrogen (secondary N) is 1. The van der Waals surface area contributed by atoms with E-state index in [1.54, 1.807) is 0 Å². The summed E-state index contributed by atoms with van der Waals surface area (Å²) in [6, 6.07) is 10.8. The highest BCUT2D eigenvalue weighted by Crippen LogP contribution is 2.35. The second-order valence-corrected chi connectivity index (χ2v) is 6.60. The molecule has 0 spiro atoms. The molecule has 2 saturated heterocycles. The van der Waals surface area contributed by atoms with Crippen molar-refractivity contribution < 1.29 is 0 Å². The van der Waals surface area contributed by atoms with Gasteiger partial charge in [0.2, 0.25) is 0 Å². The molecule has 1 aromatic rings. The van der Waals surface area contributed by atoms with Gasteiger partial charge in [-0.2, -0.15) is 0 Å². The summed E-state index contributed by atoms with van der Waals surface area (Å²) in [5.74, 6) is 0. The summed E-state index contributed by atoms with van der Waals surface area (Å²) in [5.41, 5.74) is 1.29. The van der Waals surface area contributed by atoms with Crippen molar-refractivity contribution in [1.29, 1.82) is 0 Å². The Morgan fingerprint density at radius 2 is 1.95 bits per heavy atom. The Balaban J connectivity index is 1.63. The molecule has 3 heteroatoms. The highest BCUT2D eigenvalue weighted by atomic mass is 35.5. The molecule has 0 aromatic heterocycles. The number of fused-ring (bicyclic) bond motifs is 2. The molecule has 2 unspecified atom stereocenters. The molecule has 0 saturated carbocycles. The van der Waals surface area contributed by atoms with Crippen LogP contribution in [0.25, 0.3) is 0 Å². The zero-order chi connectivity index (χ0) is 13.4. The van der Waals surface area contributed by atoms with Crippen molar-refractivity contribution >= 4 is 11.6 Å². The first-order valence-corrected chi connectivity index (χ1v) is 7.74. The van der Waals surface area contributed by atoms with Gasteiger partial charge in [0.15, 0.2) is 0 Å². The van der Waals surface area contributed by atoms with Crippen LogP contribution in [0.15, 0.2) is 24.3 Å². The predicted molar refractivity (Wildman–Crippen MR) is 80.6 cm³/mol. The molecule has 1 N–H and O–H groups in total. The molecule has 3 rings (SSSR count). The number of halogens is 1. The highest BCUT2D eigenvalue weighted by molar-refractivity contribution is 6.30. The molecule has 2 heterocycles. The van der Waals surface area contributed by atoms with Crippen molar-refractivity contribution in [2.45, 2.75) is 56.8 Å². The van der Waals surface area contributed by atoms with Crippen LogP contribution < -0.4 is 5.32 Å². The molecule has 2 fully saturated rings. The molecule has 0 aliphatic carbocycles. The Morgan fingerprint density at radius 3 is 2.58 bits per heavy atom. The summed E-state index contributed by atoms with van der Waals surface area (Å²) in [5, 5.41) is 4.63. The molecule has 104 valence electrons. The summed E-state index contributed by atoms with van der Waals surface area (Å²) >= 11 is 6.07. The number of hydrogen-bond donors (Lipinski definition) is 1. The summed E-state index contributed by atoms with van der Waals surface area (Å²) in [6.45, 7) is 2.24. The van der Waals surface area contributed by atoms with Gasteiger partial charge in [-0.3, -0.25) is 0 Å². The molecule has 0 amide bonds. The topological polar surface area (TPSA) is 15.3 Å². The van der Waals surface area contributed by atoms with Crippen molar-refractivity contribution in [3.8, 4) is 0 Å². The molecule has 0 radical (unpaired) electrons. The number of benzene rings is 1. The van der Waals surface area contributed by atoms with E-state index in [0.29, 0.717) is 12.1 Å². The van der Waals surface area contributed by atoms with Gasteiger partial charge in [-0.25, -0.2) is 0 Å². The number of hydrogen-bond acceptors (Lipinski definition) is 2. The Kier molecular flexibility index (Phi) is 3.84. The molecule has 2 aliphatic heterocycles. The van der Waals surface area contributed by atoms with Crippen LogP contribution in [0.1, 0.15) is 44.2 Å². The Bertz CT molecular complexity index is 434. The lowest BCUT2D eigenvalue weighted by atomic mass is 9.96. The minimum absolute atomic E-state index is 0.381. The molecule has 3 atom stereocenters. The van der Waals surface area contributed by atoms with E-state index in [1.807, 2.05) is 12.1 Å². The molecule has 1 aromatic carbocycles. The van der Waals surface area contributed by atoms with E-state index >= 15 is 0 Å². The lowest BCUT2D eigenvalue weighted by molar-refractivity contribution is 0.144. The van der Waals surface area contributed by atoms with Crippen LogP contribution in [0, 0.1) is 0 Å². The SMILES string of the molecule is C[C@H](NC1CC2CCC(C1)N2C)c1cccc(Cl)c1. The third kappa shape index (κ3) is 2.81. The second-order valence-electron chi connectivity index (χ2n) is 6.16. The lowest BCUT2D eigenvalue weighted by Crippen LogP contribution is -2.47. The maximum Gasteiger partial charge on any atom is 0.0409 e. The van der Waals surface area contributed by atoms with Gasteiger partial charge in [0.1, 0.15) is 0 Å². The zero-order valence-corrected chi connectivity index (χ0v) is 12.5. The van der Waals surface area contributed by atoms with Gasteiger partial charge in [-0.1, -0.05) is 23.7 Å². The fraction of sp³-hybridized carbons (Fsp3) is 0.625. The highest BCUT2D eigenvalue weighted by Gasteiger charge is 2.38. The van der Waals surface area contributed by atoms with Crippen molar-refractivity contribution in [3.05, 3.63) is 34.9 Å². The fourth-order valence-corrected chi connectivity index (χ4v) is 3.97. The standard InChI is InChI=1S/C16H23ClN2/c1-11(12-4-3-5-13(17)8-12)18-14-9-15-6-7-16(10-14)19(15)2/h3-5,8,11,14-16,18H,6-7,9-10H2,1-2H3/t11-,14?,15?,16?/m0/s1. The minimum atomic E-state index is 0.381. The Labute approximate surface area is 121 Å². The largest absolute Gasteiger partial charge is 0.307 e. The van der Waals surface area contributed by atoms with Crippen LogP contribution >= 0.6 is 11.6 Å². The van der Waals surface area contributed by atoms with E-state index in [1.165, 1.54) is 31.2 Å². The smallest absolute Gasteiger partial charge is 0.0409 e. The molecule has 2 aliphatic rings. The summed E-state index contributed by atoms with van der Waals surface area (Å²) in [7, 11) is 2.29. The van der Waals surface area contributed by atoms with Crippen LogP contribution in [0.2, 0.25) is 5.02 Å². The van der Waals surface area contributed by atoms with E-state index in [2.05, 4.69) is 36.3 Å². The van der Waals surface area contributed by atoms with Crippen molar-refractivity contribution in [2.24, 2.45) is 0 Å². The lowest BCUT2D eigenvalue weighted by Gasteiger charge is -2.38. The fourth-order valence-electron chi connectivity index (χ4n) is 3.77. The van der Waals surface area contributed by atoms with Crippen molar-refractivity contribution in [1.82, 2.24) is 10.2 Å². The molecule has 19 heavy (non-hydrogen) atoms. The van der Waals surface area contributed by atoms with Gasteiger partial charge in [0, 0.05) is 29.2 Å². The molecular weight excluding hydrogens is 256 g/mol. The first kappa shape index (κ1) is 13.4. The van der Waals surface area contributed by atoms with E-state index in [9.17, 15) is 0 Å². The predicted octanol–water partition coefficient (Wildman–Crippen LogP) is 3.62. The average Bonchev–Trinajstić information content (AvgIpc) is 2.62. The third-order valence-corrected chi connectivity index (χ3v) is 5.17. The first-order chi connectivity index (χ1) is 9.13. The number of piperidine rings is 1. The van der Waals surface area contributed by atoms with Crippen molar-refractivity contribution in [3.63, 3.8) is 0 Å². The van der Waals surface area contributed by atoms with Gasteiger partial charge in [0.05, 0.1) is 0 Å². The molecular formula is C16H23ClN2. The van der Waals surface area contributed by atoms with Crippen LogP contribution in [0.3, 0.4) is 0 Å². The van der Waals surface area contributed by atoms with E-state index in [-0.39, 0.29) is 0 Å². The van der Waals surface area contributed by atoms with Crippen LogP contribution in [-0.2, 0) is 0 Å². The van der Waals surface area contributed by atoms with Crippen LogP contribution in [0.4, 0.5) is 0 Å². The zero-order valence-electron chi connectivity index (χ0n) is 11.8. The number of nitrogens with zero attached hydrogens (tertiary/aromatic N) is 1. The first-order valence-electron chi connectivity index (χ1n) is 7.37. The summed E-state index contributed by atoms with van der Waals surface area (Å²) in [4.78, 5) is 2.59. The van der Waals surface area contributed by atoms with Crippen LogP contribution in [-0.4, -0.2) is 30.1 Å². The van der Waals surface area contributed by atoms with Gasteiger partial charge in [0.25, 0.3) is 0 Å².